The monoisotopic (exact) mass is 260 g/mol. The highest BCUT2D eigenvalue weighted by molar-refractivity contribution is 7.99. The van der Waals surface area contributed by atoms with Crippen LogP contribution in [0, 0.1) is 5.92 Å². The number of rotatable bonds is 4. The topological polar surface area (TPSA) is 69.6 Å². The zero-order chi connectivity index (χ0) is 12.7. The Morgan fingerprint density at radius 3 is 2.82 bits per heavy atom. The first-order valence-electron chi connectivity index (χ1n) is 5.98. The third-order valence-electron chi connectivity index (χ3n) is 2.85. The van der Waals surface area contributed by atoms with Crippen molar-refractivity contribution >= 4 is 23.8 Å². The maximum absolute atomic E-state index is 11.8. The molecule has 0 aromatic heterocycles. The van der Waals surface area contributed by atoms with E-state index >= 15 is 0 Å². The number of amides is 2. The Hall–Kier alpha value is -0.910. The molecule has 0 aromatic rings. The summed E-state index contributed by atoms with van der Waals surface area (Å²) >= 11 is 1.85. The zero-order valence-electron chi connectivity index (χ0n) is 10.1. The van der Waals surface area contributed by atoms with Gasteiger partial charge < -0.3 is 15.3 Å². The van der Waals surface area contributed by atoms with Gasteiger partial charge in [-0.3, -0.25) is 4.79 Å². The van der Waals surface area contributed by atoms with Gasteiger partial charge in [-0.25, -0.2) is 4.79 Å². The number of aliphatic carboxylic acids is 1. The Balaban J connectivity index is 2.34. The number of carboxylic acid groups (broad SMARTS) is 1. The van der Waals surface area contributed by atoms with Crippen LogP contribution >= 0.6 is 11.8 Å². The van der Waals surface area contributed by atoms with Gasteiger partial charge >= 0.3 is 12.0 Å². The van der Waals surface area contributed by atoms with Crippen LogP contribution in [0.25, 0.3) is 0 Å². The Morgan fingerprint density at radius 1 is 1.41 bits per heavy atom. The van der Waals surface area contributed by atoms with Crippen LogP contribution in [0.5, 0.6) is 0 Å². The number of carbonyl (C=O) groups is 2. The summed E-state index contributed by atoms with van der Waals surface area (Å²) in [6, 6.07) is -0.132. The van der Waals surface area contributed by atoms with Gasteiger partial charge in [-0.15, -0.1) is 0 Å². The summed E-state index contributed by atoms with van der Waals surface area (Å²) in [5.74, 6) is 0.722. The number of carboxylic acids is 1. The molecule has 0 aliphatic carbocycles. The molecule has 2 amide bonds. The predicted octanol–water partition coefficient (Wildman–Crippen LogP) is 1.25. The summed E-state index contributed by atoms with van der Waals surface area (Å²) in [7, 11) is 0. The van der Waals surface area contributed by atoms with Crippen LogP contribution in [-0.2, 0) is 4.79 Å². The molecule has 0 saturated carbocycles. The molecule has 98 valence electrons. The minimum absolute atomic E-state index is 0.132. The van der Waals surface area contributed by atoms with Crippen molar-refractivity contribution < 1.29 is 14.7 Å². The molecule has 0 spiro atoms. The summed E-state index contributed by atoms with van der Waals surface area (Å²) in [4.78, 5) is 24.4. The van der Waals surface area contributed by atoms with E-state index in [2.05, 4.69) is 5.32 Å². The number of hydrogen-bond acceptors (Lipinski definition) is 3. The van der Waals surface area contributed by atoms with E-state index in [1.807, 2.05) is 18.7 Å². The van der Waals surface area contributed by atoms with Crippen LogP contribution in [0.4, 0.5) is 4.79 Å². The van der Waals surface area contributed by atoms with Crippen LogP contribution in [0.1, 0.15) is 19.8 Å². The Labute approximate surface area is 106 Å². The van der Waals surface area contributed by atoms with Gasteiger partial charge in [0.05, 0.1) is 5.92 Å². The summed E-state index contributed by atoms with van der Waals surface area (Å²) < 4.78 is 0. The molecule has 2 N–H and O–H groups in total. The Morgan fingerprint density at radius 2 is 2.18 bits per heavy atom. The molecule has 1 aliphatic heterocycles. The van der Waals surface area contributed by atoms with E-state index in [9.17, 15) is 9.59 Å². The van der Waals surface area contributed by atoms with Crippen molar-refractivity contribution in [1.82, 2.24) is 10.2 Å². The SMILES string of the molecule is CCC(CNC(=O)N1CCCSCC1)C(=O)O. The lowest BCUT2D eigenvalue weighted by Gasteiger charge is -2.21. The van der Waals surface area contributed by atoms with Gasteiger partial charge in [-0.05, 0) is 18.6 Å². The average molecular weight is 260 g/mol. The molecule has 0 bridgehead atoms. The fourth-order valence-corrected chi connectivity index (χ4v) is 2.56. The van der Waals surface area contributed by atoms with Crippen molar-refractivity contribution in [3.8, 4) is 0 Å². The zero-order valence-corrected chi connectivity index (χ0v) is 11.0. The van der Waals surface area contributed by atoms with Gasteiger partial charge in [0, 0.05) is 25.4 Å². The first kappa shape index (κ1) is 14.2. The van der Waals surface area contributed by atoms with E-state index in [1.165, 1.54) is 0 Å². The molecule has 1 saturated heterocycles. The molecule has 6 heteroatoms. The normalized spacial score (nSPS) is 18.3. The van der Waals surface area contributed by atoms with E-state index in [4.69, 9.17) is 5.11 Å². The van der Waals surface area contributed by atoms with E-state index < -0.39 is 11.9 Å². The van der Waals surface area contributed by atoms with E-state index in [-0.39, 0.29) is 12.6 Å². The van der Waals surface area contributed by atoms with E-state index in [1.54, 1.807) is 4.90 Å². The van der Waals surface area contributed by atoms with Crippen molar-refractivity contribution in [3.63, 3.8) is 0 Å². The van der Waals surface area contributed by atoms with Gasteiger partial charge in [-0.1, -0.05) is 6.92 Å². The smallest absolute Gasteiger partial charge is 0.317 e. The second-order valence-corrected chi connectivity index (χ2v) is 5.31. The van der Waals surface area contributed by atoms with Crippen LogP contribution in [0.15, 0.2) is 0 Å². The number of hydrogen-bond donors (Lipinski definition) is 2. The molecule has 1 heterocycles. The molecule has 1 rings (SSSR count). The lowest BCUT2D eigenvalue weighted by atomic mass is 10.1. The lowest BCUT2D eigenvalue weighted by Crippen LogP contribution is -2.43. The largest absolute Gasteiger partial charge is 0.481 e. The number of nitrogens with zero attached hydrogens (tertiary/aromatic N) is 1. The molecule has 5 nitrogen and oxygen atoms in total. The highest BCUT2D eigenvalue weighted by atomic mass is 32.2. The van der Waals surface area contributed by atoms with Crippen molar-refractivity contribution in [2.24, 2.45) is 5.92 Å². The minimum Gasteiger partial charge on any atom is -0.481 e. The molecular formula is C11H20N2O3S. The summed E-state index contributed by atoms with van der Waals surface area (Å²) in [5.41, 5.74) is 0. The summed E-state index contributed by atoms with van der Waals surface area (Å²) in [6.45, 7) is 3.55. The van der Waals surface area contributed by atoms with Gasteiger partial charge in [0.25, 0.3) is 0 Å². The van der Waals surface area contributed by atoms with Crippen molar-refractivity contribution in [1.29, 1.82) is 0 Å². The Kier molecular flexibility index (Phi) is 6.18. The third kappa shape index (κ3) is 4.85. The maximum atomic E-state index is 11.8. The number of urea groups is 1. The molecule has 17 heavy (non-hydrogen) atoms. The predicted molar refractivity (Wildman–Crippen MR) is 68.3 cm³/mol. The van der Waals surface area contributed by atoms with Gasteiger partial charge in [0.2, 0.25) is 0 Å². The Bertz CT molecular complexity index is 265. The van der Waals surface area contributed by atoms with Crippen LogP contribution in [-0.4, -0.2) is 53.1 Å². The van der Waals surface area contributed by atoms with Gasteiger partial charge in [0.1, 0.15) is 0 Å². The third-order valence-corrected chi connectivity index (χ3v) is 3.90. The first-order chi connectivity index (χ1) is 8.15. The van der Waals surface area contributed by atoms with E-state index in [0.29, 0.717) is 6.42 Å². The number of thioether (sulfide) groups is 1. The number of nitrogens with one attached hydrogen (secondary N) is 1. The molecule has 0 aromatic carbocycles. The highest BCUT2D eigenvalue weighted by Gasteiger charge is 2.19. The highest BCUT2D eigenvalue weighted by Crippen LogP contribution is 2.10. The lowest BCUT2D eigenvalue weighted by molar-refractivity contribution is -0.141. The number of carbonyl (C=O) groups excluding carboxylic acids is 1. The standard InChI is InChI=1S/C11H20N2O3S/c1-2-9(10(14)15)8-12-11(16)13-4-3-6-17-7-5-13/h9H,2-8H2,1H3,(H,12,16)(H,14,15). The average Bonchev–Trinajstić information content (AvgIpc) is 2.57. The van der Waals surface area contributed by atoms with Gasteiger partial charge in [0.15, 0.2) is 0 Å². The van der Waals surface area contributed by atoms with Crippen LogP contribution in [0.3, 0.4) is 0 Å². The fourth-order valence-electron chi connectivity index (χ4n) is 1.68. The molecule has 1 unspecified atom stereocenters. The first-order valence-corrected chi connectivity index (χ1v) is 7.14. The van der Waals surface area contributed by atoms with Crippen molar-refractivity contribution in [3.05, 3.63) is 0 Å². The second-order valence-electron chi connectivity index (χ2n) is 4.08. The van der Waals surface area contributed by atoms with Crippen LogP contribution < -0.4 is 5.32 Å². The second kappa shape index (κ2) is 7.42. The van der Waals surface area contributed by atoms with Gasteiger partial charge in [-0.2, -0.15) is 11.8 Å². The van der Waals surface area contributed by atoms with E-state index in [0.717, 1.165) is 31.0 Å². The fraction of sp³-hybridized carbons (Fsp3) is 0.818. The minimum atomic E-state index is -0.848. The quantitative estimate of drug-likeness (QED) is 0.798. The van der Waals surface area contributed by atoms with Crippen molar-refractivity contribution in [2.45, 2.75) is 19.8 Å². The molecular weight excluding hydrogens is 240 g/mol. The summed E-state index contributed by atoms with van der Waals surface area (Å²) in [5, 5.41) is 11.6. The molecule has 1 aliphatic rings. The maximum Gasteiger partial charge on any atom is 0.317 e. The van der Waals surface area contributed by atoms with Crippen LogP contribution in [0.2, 0.25) is 0 Å². The molecule has 0 radical (unpaired) electrons. The van der Waals surface area contributed by atoms with Crippen molar-refractivity contribution in [2.75, 3.05) is 31.1 Å². The molecule has 1 fully saturated rings. The summed E-state index contributed by atoms with van der Waals surface area (Å²) in [6.07, 6.45) is 1.54. The molecule has 1 atom stereocenters.